The number of hydrogen-bond acceptors (Lipinski definition) is 3. The lowest BCUT2D eigenvalue weighted by Crippen LogP contribution is -2.31. The van der Waals surface area contributed by atoms with Crippen LogP contribution in [0.5, 0.6) is 0 Å². The van der Waals surface area contributed by atoms with Crippen molar-refractivity contribution < 1.29 is 14.7 Å². The molecule has 0 spiro atoms. The Morgan fingerprint density at radius 3 is 2.76 bits per heavy atom. The number of piperidine rings is 1. The number of amides is 1. The van der Waals surface area contributed by atoms with Gasteiger partial charge in [-0.05, 0) is 57.0 Å². The van der Waals surface area contributed by atoms with E-state index in [1.807, 2.05) is 0 Å². The number of carboxylic acid groups (broad SMARTS) is 1. The van der Waals surface area contributed by atoms with Crippen molar-refractivity contribution in [3.05, 3.63) is 0 Å². The van der Waals surface area contributed by atoms with Gasteiger partial charge in [0.05, 0.1) is 0 Å². The zero-order chi connectivity index (χ0) is 15.5. The lowest BCUT2D eigenvalue weighted by Gasteiger charge is -2.22. The Kier molecular flexibility index (Phi) is 9.06. The summed E-state index contributed by atoms with van der Waals surface area (Å²) in [5, 5.41) is 15.0. The van der Waals surface area contributed by atoms with E-state index in [1.165, 1.54) is 12.8 Å². The summed E-state index contributed by atoms with van der Waals surface area (Å²) in [7, 11) is 0. The summed E-state index contributed by atoms with van der Waals surface area (Å²) in [6, 6.07) is 0. The molecule has 0 saturated carbocycles. The van der Waals surface area contributed by atoms with Gasteiger partial charge >= 0.3 is 5.97 Å². The molecule has 3 N–H and O–H groups in total. The lowest BCUT2D eigenvalue weighted by atomic mass is 9.94. The van der Waals surface area contributed by atoms with Gasteiger partial charge in [0.15, 0.2) is 0 Å². The van der Waals surface area contributed by atoms with Crippen molar-refractivity contribution in [2.24, 2.45) is 11.8 Å². The van der Waals surface area contributed by atoms with Gasteiger partial charge in [-0.15, -0.1) is 0 Å². The molecule has 0 aromatic carbocycles. The molecule has 0 bridgehead atoms. The predicted molar refractivity (Wildman–Crippen MR) is 83.1 cm³/mol. The van der Waals surface area contributed by atoms with Gasteiger partial charge in [0.2, 0.25) is 5.91 Å². The zero-order valence-electron chi connectivity index (χ0n) is 13.2. The topological polar surface area (TPSA) is 78.4 Å². The minimum Gasteiger partial charge on any atom is -0.481 e. The van der Waals surface area contributed by atoms with Crippen molar-refractivity contribution in [2.75, 3.05) is 19.6 Å². The minimum atomic E-state index is -0.737. The average Bonchev–Trinajstić information content (AvgIpc) is 2.49. The molecule has 2 atom stereocenters. The van der Waals surface area contributed by atoms with Crippen molar-refractivity contribution >= 4 is 11.9 Å². The molecule has 5 nitrogen and oxygen atoms in total. The third-order valence-electron chi connectivity index (χ3n) is 4.40. The molecule has 122 valence electrons. The van der Waals surface area contributed by atoms with Crippen molar-refractivity contribution in [3.8, 4) is 0 Å². The van der Waals surface area contributed by atoms with Crippen LogP contribution in [0.4, 0.5) is 0 Å². The highest BCUT2D eigenvalue weighted by Gasteiger charge is 2.14. The Labute approximate surface area is 127 Å². The van der Waals surface area contributed by atoms with E-state index in [-0.39, 0.29) is 12.3 Å². The first-order valence-corrected chi connectivity index (χ1v) is 8.31. The van der Waals surface area contributed by atoms with Gasteiger partial charge in [0.25, 0.3) is 0 Å². The maximum absolute atomic E-state index is 11.8. The number of nitrogens with one attached hydrogen (secondary N) is 2. The number of carbonyl (C=O) groups excluding carboxylic acids is 1. The molecule has 1 fully saturated rings. The first kappa shape index (κ1) is 18.0. The normalized spacial score (nSPS) is 20.0. The van der Waals surface area contributed by atoms with E-state index in [2.05, 4.69) is 17.6 Å². The van der Waals surface area contributed by atoms with Crippen LogP contribution >= 0.6 is 0 Å². The summed E-state index contributed by atoms with van der Waals surface area (Å²) < 4.78 is 0. The monoisotopic (exact) mass is 298 g/mol. The summed E-state index contributed by atoms with van der Waals surface area (Å²) in [5.41, 5.74) is 0. The molecule has 1 aliphatic rings. The lowest BCUT2D eigenvalue weighted by molar-refractivity contribution is -0.137. The molecule has 2 unspecified atom stereocenters. The highest BCUT2D eigenvalue weighted by atomic mass is 16.4. The van der Waals surface area contributed by atoms with E-state index in [0.29, 0.717) is 31.2 Å². The van der Waals surface area contributed by atoms with E-state index in [0.717, 1.165) is 32.4 Å². The van der Waals surface area contributed by atoms with Crippen LogP contribution in [0, 0.1) is 11.8 Å². The quantitative estimate of drug-likeness (QED) is 0.577. The van der Waals surface area contributed by atoms with Gasteiger partial charge in [-0.3, -0.25) is 9.59 Å². The van der Waals surface area contributed by atoms with Gasteiger partial charge in [-0.1, -0.05) is 13.3 Å². The summed E-state index contributed by atoms with van der Waals surface area (Å²) in [6.45, 7) is 4.89. The standard InChI is InChI=1S/C16H30N2O3/c1-2-13(6-8-16(20)21)9-11-18-15(19)7-5-14-4-3-10-17-12-14/h13-14,17H,2-12H2,1H3,(H,18,19)(H,20,21). The average molecular weight is 298 g/mol. The molecule has 1 amide bonds. The molecule has 21 heavy (non-hydrogen) atoms. The molecular weight excluding hydrogens is 268 g/mol. The maximum Gasteiger partial charge on any atom is 0.303 e. The highest BCUT2D eigenvalue weighted by Crippen LogP contribution is 2.16. The van der Waals surface area contributed by atoms with Crippen LogP contribution in [0.25, 0.3) is 0 Å². The summed E-state index contributed by atoms with van der Waals surface area (Å²) in [4.78, 5) is 22.4. The van der Waals surface area contributed by atoms with Crippen molar-refractivity contribution in [2.45, 2.75) is 58.3 Å². The Hall–Kier alpha value is -1.10. The Balaban J connectivity index is 2.06. The fourth-order valence-corrected chi connectivity index (χ4v) is 2.89. The van der Waals surface area contributed by atoms with E-state index in [9.17, 15) is 9.59 Å². The van der Waals surface area contributed by atoms with Crippen molar-refractivity contribution in [3.63, 3.8) is 0 Å². The largest absolute Gasteiger partial charge is 0.481 e. The van der Waals surface area contributed by atoms with Crippen LogP contribution in [0.15, 0.2) is 0 Å². The maximum atomic E-state index is 11.8. The van der Waals surface area contributed by atoms with Crippen LogP contribution < -0.4 is 10.6 Å². The predicted octanol–water partition coefficient (Wildman–Crippen LogP) is 2.16. The molecule has 5 heteroatoms. The SMILES string of the molecule is CCC(CCNC(=O)CCC1CCCNC1)CCC(=O)O. The number of carbonyl (C=O) groups is 2. The van der Waals surface area contributed by atoms with Gasteiger partial charge in [-0.25, -0.2) is 0 Å². The molecule has 0 aromatic heterocycles. The molecule has 0 aromatic rings. The summed E-state index contributed by atoms with van der Waals surface area (Å²) in [5.74, 6) is 0.430. The van der Waals surface area contributed by atoms with Gasteiger partial charge in [-0.2, -0.15) is 0 Å². The van der Waals surface area contributed by atoms with E-state index < -0.39 is 5.97 Å². The number of carboxylic acids is 1. The van der Waals surface area contributed by atoms with E-state index in [4.69, 9.17) is 5.11 Å². The number of aliphatic carboxylic acids is 1. The molecule has 0 aliphatic carbocycles. The number of rotatable bonds is 10. The Morgan fingerprint density at radius 2 is 2.14 bits per heavy atom. The molecule has 1 heterocycles. The third-order valence-corrected chi connectivity index (χ3v) is 4.40. The van der Waals surface area contributed by atoms with Crippen LogP contribution in [0.2, 0.25) is 0 Å². The summed E-state index contributed by atoms with van der Waals surface area (Å²) in [6.07, 6.45) is 6.79. The number of hydrogen-bond donors (Lipinski definition) is 3. The second-order valence-electron chi connectivity index (χ2n) is 6.10. The first-order valence-electron chi connectivity index (χ1n) is 8.31. The van der Waals surface area contributed by atoms with Gasteiger partial charge in [0, 0.05) is 19.4 Å². The van der Waals surface area contributed by atoms with Crippen molar-refractivity contribution in [1.29, 1.82) is 0 Å². The second kappa shape index (κ2) is 10.6. The minimum absolute atomic E-state index is 0.133. The fraction of sp³-hybridized carbons (Fsp3) is 0.875. The highest BCUT2D eigenvalue weighted by molar-refractivity contribution is 5.75. The second-order valence-corrected chi connectivity index (χ2v) is 6.10. The Morgan fingerprint density at radius 1 is 1.33 bits per heavy atom. The van der Waals surface area contributed by atoms with Crippen LogP contribution in [-0.4, -0.2) is 36.6 Å². The molecule has 1 rings (SSSR count). The smallest absolute Gasteiger partial charge is 0.303 e. The van der Waals surface area contributed by atoms with Crippen LogP contribution in [0.3, 0.4) is 0 Å². The zero-order valence-corrected chi connectivity index (χ0v) is 13.2. The summed E-state index contributed by atoms with van der Waals surface area (Å²) >= 11 is 0. The molecule has 1 aliphatic heterocycles. The third kappa shape index (κ3) is 8.71. The fourth-order valence-electron chi connectivity index (χ4n) is 2.89. The van der Waals surface area contributed by atoms with Crippen molar-refractivity contribution in [1.82, 2.24) is 10.6 Å². The van der Waals surface area contributed by atoms with Gasteiger partial charge < -0.3 is 15.7 Å². The molecule has 1 saturated heterocycles. The van der Waals surface area contributed by atoms with E-state index in [1.54, 1.807) is 0 Å². The first-order chi connectivity index (χ1) is 10.1. The Bertz CT molecular complexity index is 315. The van der Waals surface area contributed by atoms with Crippen LogP contribution in [-0.2, 0) is 9.59 Å². The van der Waals surface area contributed by atoms with Crippen LogP contribution in [0.1, 0.15) is 58.3 Å². The van der Waals surface area contributed by atoms with Gasteiger partial charge in [0.1, 0.15) is 0 Å². The van der Waals surface area contributed by atoms with E-state index >= 15 is 0 Å². The molecular formula is C16H30N2O3. The molecule has 0 radical (unpaired) electrons.